The topological polar surface area (TPSA) is 104 Å². The lowest BCUT2D eigenvalue weighted by Gasteiger charge is -2.10. The number of nitriles is 1. The molecule has 0 aromatic heterocycles. The van der Waals surface area contributed by atoms with Crippen LogP contribution in [0.15, 0.2) is 65.8 Å². The van der Waals surface area contributed by atoms with Gasteiger partial charge in [-0.1, -0.05) is 35.9 Å². The standard InChI is InChI=1S/C27H25ClN4O3/c1-18-3-4-19(2)24(13-18)31-26(33)11-12-27(34)32-30-16-22-14-23(28)9-10-25(22)35-17-21-7-5-20(15-29)6-8-21/h3-10,13-14,16H,11-12,17H2,1-2H3,(H,31,33)(H,32,34). The highest BCUT2D eigenvalue weighted by Crippen LogP contribution is 2.22. The summed E-state index contributed by atoms with van der Waals surface area (Å²) in [5.41, 5.74) is 7.22. The summed E-state index contributed by atoms with van der Waals surface area (Å²) in [6, 6.07) is 20.0. The number of halogens is 1. The van der Waals surface area contributed by atoms with E-state index in [1.165, 1.54) is 6.21 Å². The molecule has 35 heavy (non-hydrogen) atoms. The van der Waals surface area contributed by atoms with Crippen LogP contribution in [0.4, 0.5) is 5.69 Å². The molecular weight excluding hydrogens is 464 g/mol. The number of nitrogens with one attached hydrogen (secondary N) is 2. The second-order valence-electron chi connectivity index (χ2n) is 7.94. The lowest BCUT2D eigenvalue weighted by Crippen LogP contribution is -2.21. The fourth-order valence-electron chi connectivity index (χ4n) is 3.13. The summed E-state index contributed by atoms with van der Waals surface area (Å²) in [6.45, 7) is 4.15. The Balaban J connectivity index is 1.52. The van der Waals surface area contributed by atoms with E-state index >= 15 is 0 Å². The number of carbonyl (C=O) groups is 2. The first-order valence-corrected chi connectivity index (χ1v) is 11.3. The summed E-state index contributed by atoms with van der Waals surface area (Å²) in [5.74, 6) is -0.102. The number of amides is 2. The van der Waals surface area contributed by atoms with Gasteiger partial charge in [-0.25, -0.2) is 5.43 Å². The first-order chi connectivity index (χ1) is 16.8. The zero-order valence-corrected chi connectivity index (χ0v) is 20.2. The summed E-state index contributed by atoms with van der Waals surface area (Å²) in [6.07, 6.45) is 1.46. The maximum Gasteiger partial charge on any atom is 0.240 e. The Bertz CT molecular complexity index is 1280. The zero-order valence-electron chi connectivity index (χ0n) is 19.5. The number of anilines is 1. The molecule has 0 radical (unpaired) electrons. The van der Waals surface area contributed by atoms with Gasteiger partial charge >= 0.3 is 0 Å². The van der Waals surface area contributed by atoms with E-state index in [0.717, 1.165) is 22.4 Å². The van der Waals surface area contributed by atoms with Crippen molar-refractivity contribution in [2.24, 2.45) is 5.10 Å². The smallest absolute Gasteiger partial charge is 0.240 e. The van der Waals surface area contributed by atoms with Gasteiger partial charge in [-0.3, -0.25) is 9.59 Å². The van der Waals surface area contributed by atoms with E-state index in [-0.39, 0.29) is 31.3 Å². The number of hydrazone groups is 1. The van der Waals surface area contributed by atoms with Crippen molar-refractivity contribution in [1.82, 2.24) is 5.43 Å². The Morgan fingerprint density at radius 1 is 1.03 bits per heavy atom. The number of hydrogen-bond donors (Lipinski definition) is 2. The van der Waals surface area contributed by atoms with Crippen molar-refractivity contribution < 1.29 is 14.3 Å². The summed E-state index contributed by atoms with van der Waals surface area (Å²) in [7, 11) is 0. The van der Waals surface area contributed by atoms with Crippen LogP contribution in [0.1, 0.15) is 40.7 Å². The van der Waals surface area contributed by atoms with Crippen LogP contribution in [0, 0.1) is 25.2 Å². The van der Waals surface area contributed by atoms with Gasteiger partial charge in [0.2, 0.25) is 11.8 Å². The minimum Gasteiger partial charge on any atom is -0.488 e. The molecule has 0 atom stereocenters. The fourth-order valence-corrected chi connectivity index (χ4v) is 3.31. The second-order valence-corrected chi connectivity index (χ2v) is 8.38. The number of nitrogens with zero attached hydrogens (tertiary/aromatic N) is 2. The average Bonchev–Trinajstić information content (AvgIpc) is 2.85. The van der Waals surface area contributed by atoms with Gasteiger partial charge in [0.1, 0.15) is 12.4 Å². The second kappa shape index (κ2) is 12.4. The van der Waals surface area contributed by atoms with Crippen LogP contribution in [0.3, 0.4) is 0 Å². The summed E-state index contributed by atoms with van der Waals surface area (Å²) in [5, 5.41) is 16.2. The molecule has 0 aliphatic rings. The minimum absolute atomic E-state index is 0.00830. The number of aryl methyl sites for hydroxylation is 2. The van der Waals surface area contributed by atoms with E-state index in [1.807, 2.05) is 44.2 Å². The van der Waals surface area contributed by atoms with Crippen LogP contribution in [0.2, 0.25) is 5.02 Å². The van der Waals surface area contributed by atoms with Crippen molar-refractivity contribution in [2.45, 2.75) is 33.3 Å². The van der Waals surface area contributed by atoms with Gasteiger partial charge < -0.3 is 10.1 Å². The van der Waals surface area contributed by atoms with E-state index in [1.54, 1.807) is 30.3 Å². The molecule has 0 bridgehead atoms. The average molecular weight is 489 g/mol. The molecule has 3 aromatic carbocycles. The largest absolute Gasteiger partial charge is 0.488 e. The molecule has 0 spiro atoms. The van der Waals surface area contributed by atoms with Gasteiger partial charge in [0.25, 0.3) is 0 Å². The van der Waals surface area contributed by atoms with Crippen LogP contribution in [0.25, 0.3) is 0 Å². The third-order valence-electron chi connectivity index (χ3n) is 5.09. The molecule has 3 rings (SSSR count). The Hall–Kier alpha value is -4.15. The van der Waals surface area contributed by atoms with Crippen molar-refractivity contribution in [3.8, 4) is 11.8 Å². The van der Waals surface area contributed by atoms with Gasteiger partial charge in [-0.05, 0) is 66.9 Å². The molecule has 0 fully saturated rings. The van der Waals surface area contributed by atoms with E-state index < -0.39 is 0 Å². The van der Waals surface area contributed by atoms with Crippen molar-refractivity contribution in [3.63, 3.8) is 0 Å². The van der Waals surface area contributed by atoms with Crippen LogP contribution in [-0.2, 0) is 16.2 Å². The quantitative estimate of drug-likeness (QED) is 0.316. The number of hydrogen-bond acceptors (Lipinski definition) is 5. The molecule has 0 aliphatic carbocycles. The molecular formula is C27H25ClN4O3. The SMILES string of the molecule is Cc1ccc(C)c(NC(=O)CCC(=O)NN=Cc2cc(Cl)ccc2OCc2ccc(C#N)cc2)c1. The lowest BCUT2D eigenvalue weighted by molar-refractivity contribution is -0.124. The molecule has 0 unspecified atom stereocenters. The molecule has 0 heterocycles. The zero-order chi connectivity index (χ0) is 25.2. The fraction of sp³-hybridized carbons (Fsp3) is 0.185. The molecule has 8 heteroatoms. The van der Waals surface area contributed by atoms with E-state index in [4.69, 9.17) is 21.6 Å². The number of rotatable bonds is 9. The molecule has 178 valence electrons. The molecule has 0 saturated carbocycles. The Labute approximate surface area is 209 Å². The van der Waals surface area contributed by atoms with Crippen molar-refractivity contribution in [3.05, 3.63) is 93.5 Å². The normalized spacial score (nSPS) is 10.6. The Kier molecular flexibility index (Phi) is 8.99. The maximum atomic E-state index is 12.2. The highest BCUT2D eigenvalue weighted by atomic mass is 35.5. The van der Waals surface area contributed by atoms with E-state index in [9.17, 15) is 9.59 Å². The maximum absolute atomic E-state index is 12.2. The van der Waals surface area contributed by atoms with Crippen molar-refractivity contribution in [1.29, 1.82) is 5.26 Å². The van der Waals surface area contributed by atoms with Crippen LogP contribution >= 0.6 is 11.6 Å². The predicted octanol–water partition coefficient (Wildman–Crippen LogP) is 5.28. The highest BCUT2D eigenvalue weighted by Gasteiger charge is 2.09. The van der Waals surface area contributed by atoms with Crippen LogP contribution < -0.4 is 15.5 Å². The highest BCUT2D eigenvalue weighted by molar-refractivity contribution is 6.30. The third kappa shape index (κ3) is 7.98. The molecule has 2 N–H and O–H groups in total. The lowest BCUT2D eigenvalue weighted by atomic mass is 10.1. The van der Waals surface area contributed by atoms with Crippen molar-refractivity contribution >= 4 is 35.3 Å². The first kappa shape index (κ1) is 25.5. The predicted molar refractivity (Wildman–Crippen MR) is 136 cm³/mol. The number of ether oxygens (including phenoxy) is 1. The monoisotopic (exact) mass is 488 g/mol. The van der Waals surface area contributed by atoms with Gasteiger partial charge in [-0.2, -0.15) is 10.4 Å². The van der Waals surface area contributed by atoms with Gasteiger partial charge in [0.15, 0.2) is 0 Å². The third-order valence-corrected chi connectivity index (χ3v) is 5.32. The van der Waals surface area contributed by atoms with E-state index in [0.29, 0.717) is 21.9 Å². The molecule has 3 aromatic rings. The minimum atomic E-state index is -0.389. The molecule has 0 saturated heterocycles. The summed E-state index contributed by atoms with van der Waals surface area (Å²) < 4.78 is 5.86. The number of carbonyl (C=O) groups excluding carboxylic acids is 2. The van der Waals surface area contributed by atoms with Gasteiger partial charge in [0.05, 0.1) is 17.8 Å². The van der Waals surface area contributed by atoms with E-state index in [2.05, 4.69) is 21.9 Å². The molecule has 2 amide bonds. The summed E-state index contributed by atoms with van der Waals surface area (Å²) in [4.78, 5) is 24.3. The molecule has 0 aliphatic heterocycles. The molecule has 7 nitrogen and oxygen atoms in total. The van der Waals surface area contributed by atoms with Crippen LogP contribution in [0.5, 0.6) is 5.75 Å². The summed E-state index contributed by atoms with van der Waals surface area (Å²) >= 11 is 6.10. The Morgan fingerprint density at radius 2 is 1.77 bits per heavy atom. The first-order valence-electron chi connectivity index (χ1n) is 10.9. The van der Waals surface area contributed by atoms with Crippen LogP contribution in [-0.4, -0.2) is 18.0 Å². The Morgan fingerprint density at radius 3 is 2.51 bits per heavy atom. The van der Waals surface area contributed by atoms with Gasteiger partial charge in [0, 0.05) is 29.1 Å². The van der Waals surface area contributed by atoms with Gasteiger partial charge in [-0.15, -0.1) is 0 Å². The number of benzene rings is 3. The van der Waals surface area contributed by atoms with Crippen molar-refractivity contribution in [2.75, 3.05) is 5.32 Å².